The predicted octanol–water partition coefficient (Wildman–Crippen LogP) is 5.82. The maximum Gasteiger partial charge on any atom is 0.187 e. The molecule has 0 spiro atoms. The number of halogens is 1. The lowest BCUT2D eigenvalue weighted by Gasteiger charge is -2.09. The monoisotopic (exact) mass is 314 g/mol. The Balaban J connectivity index is 1.87. The minimum absolute atomic E-state index is 0.739. The van der Waals surface area contributed by atoms with Crippen molar-refractivity contribution in [1.29, 1.82) is 0 Å². The number of hydrogen-bond acceptors (Lipinski definition) is 3. The Hall–Kier alpha value is -1.84. The van der Waals surface area contributed by atoms with Crippen LogP contribution in [0.4, 0.5) is 10.8 Å². The fourth-order valence-corrected chi connectivity index (χ4v) is 3.05. The van der Waals surface area contributed by atoms with E-state index in [0.717, 1.165) is 27.1 Å². The summed E-state index contributed by atoms with van der Waals surface area (Å²) in [4.78, 5) is 4.65. The maximum absolute atomic E-state index is 5.92. The van der Waals surface area contributed by atoms with Gasteiger partial charge in [0.05, 0.1) is 5.69 Å². The van der Waals surface area contributed by atoms with Crippen molar-refractivity contribution in [3.63, 3.8) is 0 Å². The van der Waals surface area contributed by atoms with Crippen molar-refractivity contribution in [1.82, 2.24) is 4.98 Å². The molecule has 1 N–H and O–H groups in total. The molecule has 0 saturated carbocycles. The van der Waals surface area contributed by atoms with Crippen LogP contribution in [0.5, 0.6) is 0 Å². The number of benzene rings is 2. The van der Waals surface area contributed by atoms with Crippen LogP contribution in [0, 0.1) is 13.8 Å². The van der Waals surface area contributed by atoms with Crippen LogP contribution in [0.15, 0.2) is 47.8 Å². The molecular weight excluding hydrogens is 300 g/mol. The molecule has 4 heteroatoms. The molecule has 1 aromatic heterocycles. The number of aromatic nitrogens is 1. The molecule has 0 aliphatic heterocycles. The summed E-state index contributed by atoms with van der Waals surface area (Å²) < 4.78 is 0. The third-order valence-corrected chi connectivity index (χ3v) is 4.37. The number of thiazole rings is 1. The summed E-state index contributed by atoms with van der Waals surface area (Å²) in [5.41, 5.74) is 5.61. The standard InChI is InChI=1S/C17H15ClN2S/c1-11-4-3-5-12(2)16(11)20-17-19-15(10-21-17)13-6-8-14(18)9-7-13/h3-10H,1-2H3,(H,19,20). The van der Waals surface area contributed by atoms with Gasteiger partial charge in [0.25, 0.3) is 0 Å². The second-order valence-corrected chi connectivity index (χ2v) is 6.23. The summed E-state index contributed by atoms with van der Waals surface area (Å²) in [6.07, 6.45) is 0. The van der Waals surface area contributed by atoms with E-state index in [1.807, 2.05) is 24.3 Å². The Morgan fingerprint density at radius 3 is 2.33 bits per heavy atom. The van der Waals surface area contributed by atoms with Crippen molar-refractivity contribution < 1.29 is 0 Å². The molecule has 3 aromatic rings. The number of nitrogens with one attached hydrogen (secondary N) is 1. The maximum atomic E-state index is 5.92. The predicted molar refractivity (Wildman–Crippen MR) is 91.8 cm³/mol. The average molecular weight is 315 g/mol. The van der Waals surface area contributed by atoms with Gasteiger partial charge in [-0.15, -0.1) is 11.3 Å². The van der Waals surface area contributed by atoms with Gasteiger partial charge in [0, 0.05) is 21.7 Å². The van der Waals surface area contributed by atoms with Gasteiger partial charge in [-0.25, -0.2) is 4.98 Å². The van der Waals surface area contributed by atoms with Gasteiger partial charge >= 0.3 is 0 Å². The highest BCUT2D eigenvalue weighted by molar-refractivity contribution is 7.14. The van der Waals surface area contributed by atoms with E-state index in [9.17, 15) is 0 Å². The Morgan fingerprint density at radius 2 is 1.67 bits per heavy atom. The van der Waals surface area contributed by atoms with E-state index in [1.165, 1.54) is 11.1 Å². The van der Waals surface area contributed by atoms with E-state index in [0.29, 0.717) is 0 Å². The fraction of sp³-hybridized carbons (Fsp3) is 0.118. The molecule has 0 amide bonds. The van der Waals surface area contributed by atoms with Crippen molar-refractivity contribution >= 4 is 33.8 Å². The minimum Gasteiger partial charge on any atom is -0.331 e. The lowest BCUT2D eigenvalue weighted by atomic mass is 10.1. The first-order valence-corrected chi connectivity index (χ1v) is 7.94. The summed E-state index contributed by atoms with van der Waals surface area (Å²) in [7, 11) is 0. The van der Waals surface area contributed by atoms with E-state index in [2.05, 4.69) is 47.7 Å². The molecule has 0 saturated heterocycles. The zero-order valence-corrected chi connectivity index (χ0v) is 13.4. The van der Waals surface area contributed by atoms with E-state index >= 15 is 0 Å². The summed E-state index contributed by atoms with van der Waals surface area (Å²) in [6, 6.07) is 14.0. The van der Waals surface area contributed by atoms with Crippen molar-refractivity contribution in [3.05, 3.63) is 64.0 Å². The third kappa shape index (κ3) is 3.09. The average Bonchev–Trinajstić information content (AvgIpc) is 2.92. The van der Waals surface area contributed by atoms with E-state index in [-0.39, 0.29) is 0 Å². The van der Waals surface area contributed by atoms with Gasteiger partial charge in [-0.3, -0.25) is 0 Å². The van der Waals surface area contributed by atoms with Crippen LogP contribution in [0.2, 0.25) is 5.02 Å². The number of para-hydroxylation sites is 1. The summed E-state index contributed by atoms with van der Waals surface area (Å²) >= 11 is 7.52. The first-order chi connectivity index (χ1) is 10.1. The third-order valence-electron chi connectivity index (χ3n) is 3.36. The van der Waals surface area contributed by atoms with Crippen LogP contribution in [-0.4, -0.2) is 4.98 Å². The van der Waals surface area contributed by atoms with Gasteiger partial charge < -0.3 is 5.32 Å². The molecule has 0 aliphatic rings. The largest absolute Gasteiger partial charge is 0.331 e. The molecule has 0 aliphatic carbocycles. The molecule has 0 atom stereocenters. The highest BCUT2D eigenvalue weighted by Gasteiger charge is 2.07. The van der Waals surface area contributed by atoms with Gasteiger partial charge in [0.15, 0.2) is 5.13 Å². The van der Waals surface area contributed by atoms with E-state index < -0.39 is 0 Å². The smallest absolute Gasteiger partial charge is 0.187 e. The number of anilines is 2. The Bertz CT molecular complexity index is 742. The highest BCUT2D eigenvalue weighted by Crippen LogP contribution is 2.30. The zero-order valence-electron chi connectivity index (χ0n) is 11.9. The molecule has 0 bridgehead atoms. The van der Waals surface area contributed by atoms with Crippen LogP contribution >= 0.6 is 22.9 Å². The highest BCUT2D eigenvalue weighted by atomic mass is 35.5. The summed E-state index contributed by atoms with van der Waals surface area (Å²) in [5.74, 6) is 0. The summed E-state index contributed by atoms with van der Waals surface area (Å²) in [6.45, 7) is 4.20. The van der Waals surface area contributed by atoms with Crippen LogP contribution in [-0.2, 0) is 0 Å². The molecule has 0 radical (unpaired) electrons. The molecule has 1 heterocycles. The number of rotatable bonds is 3. The van der Waals surface area contributed by atoms with Crippen molar-refractivity contribution in [2.45, 2.75) is 13.8 Å². The normalized spacial score (nSPS) is 10.6. The number of nitrogens with zero attached hydrogens (tertiary/aromatic N) is 1. The molecule has 2 nitrogen and oxygen atoms in total. The first-order valence-electron chi connectivity index (χ1n) is 6.68. The Labute approximate surface area is 133 Å². The molecule has 2 aromatic carbocycles. The molecule has 0 fully saturated rings. The van der Waals surface area contributed by atoms with E-state index in [4.69, 9.17) is 11.6 Å². The van der Waals surface area contributed by atoms with Gasteiger partial charge in [-0.05, 0) is 37.1 Å². The Kier molecular flexibility index (Phi) is 3.95. The topological polar surface area (TPSA) is 24.9 Å². The minimum atomic E-state index is 0.739. The fourth-order valence-electron chi connectivity index (χ4n) is 2.20. The quantitative estimate of drug-likeness (QED) is 0.658. The molecule has 0 unspecified atom stereocenters. The van der Waals surface area contributed by atoms with Gasteiger partial charge in [0.2, 0.25) is 0 Å². The second-order valence-electron chi connectivity index (χ2n) is 4.94. The first kappa shape index (κ1) is 14.1. The van der Waals surface area contributed by atoms with E-state index in [1.54, 1.807) is 11.3 Å². The molecule has 3 rings (SSSR count). The zero-order chi connectivity index (χ0) is 14.8. The van der Waals surface area contributed by atoms with Crippen LogP contribution in [0.3, 0.4) is 0 Å². The number of aryl methyl sites for hydroxylation is 2. The van der Waals surface area contributed by atoms with Gasteiger partial charge in [-0.2, -0.15) is 0 Å². The molecule has 21 heavy (non-hydrogen) atoms. The Morgan fingerprint density at radius 1 is 1.00 bits per heavy atom. The lowest BCUT2D eigenvalue weighted by molar-refractivity contribution is 1.33. The van der Waals surface area contributed by atoms with Crippen molar-refractivity contribution in [3.8, 4) is 11.3 Å². The van der Waals surface area contributed by atoms with Gasteiger partial charge in [0.1, 0.15) is 0 Å². The van der Waals surface area contributed by atoms with Crippen LogP contribution < -0.4 is 5.32 Å². The second kappa shape index (κ2) is 5.88. The van der Waals surface area contributed by atoms with Crippen LogP contribution in [0.1, 0.15) is 11.1 Å². The van der Waals surface area contributed by atoms with Crippen molar-refractivity contribution in [2.75, 3.05) is 5.32 Å². The van der Waals surface area contributed by atoms with Crippen LogP contribution in [0.25, 0.3) is 11.3 Å². The SMILES string of the molecule is Cc1cccc(C)c1Nc1nc(-c2ccc(Cl)cc2)cs1. The molecular formula is C17H15ClN2S. The van der Waals surface area contributed by atoms with Gasteiger partial charge in [-0.1, -0.05) is 41.9 Å². The molecule has 106 valence electrons. The number of hydrogen-bond donors (Lipinski definition) is 1. The van der Waals surface area contributed by atoms with Crippen molar-refractivity contribution in [2.24, 2.45) is 0 Å². The summed E-state index contributed by atoms with van der Waals surface area (Å²) in [5, 5.41) is 7.12. The lowest BCUT2D eigenvalue weighted by Crippen LogP contribution is -1.95.